The van der Waals surface area contributed by atoms with E-state index < -0.39 is 0 Å². The number of hydrogen-bond donors (Lipinski definition) is 1. The first-order chi connectivity index (χ1) is 7.16. The van der Waals surface area contributed by atoms with Gasteiger partial charge in [-0.05, 0) is 25.8 Å². The van der Waals surface area contributed by atoms with Crippen molar-refractivity contribution < 1.29 is 9.53 Å². The van der Waals surface area contributed by atoms with Crippen LogP contribution in [-0.4, -0.2) is 50.2 Å². The number of ether oxygens (including phenoxy) is 1. The van der Waals surface area contributed by atoms with Crippen molar-refractivity contribution in [3.63, 3.8) is 0 Å². The van der Waals surface area contributed by atoms with Crippen LogP contribution in [0.2, 0.25) is 0 Å². The molecule has 0 aliphatic carbocycles. The molecule has 1 saturated heterocycles. The minimum atomic E-state index is -0.303. The first-order valence-corrected chi connectivity index (χ1v) is 5.66. The van der Waals surface area contributed by atoms with Crippen molar-refractivity contribution >= 4 is 5.91 Å². The van der Waals surface area contributed by atoms with Gasteiger partial charge in [0.2, 0.25) is 5.91 Å². The highest BCUT2D eigenvalue weighted by molar-refractivity contribution is 5.86. The maximum Gasteiger partial charge on any atom is 0.242 e. The average molecular weight is 214 g/mol. The summed E-state index contributed by atoms with van der Waals surface area (Å²) < 4.78 is 4.98. The lowest BCUT2D eigenvalue weighted by Gasteiger charge is -2.31. The zero-order chi connectivity index (χ0) is 11.3. The van der Waals surface area contributed by atoms with Crippen LogP contribution in [0.25, 0.3) is 0 Å². The van der Waals surface area contributed by atoms with E-state index in [1.807, 2.05) is 7.05 Å². The Hall–Kier alpha value is -0.610. The van der Waals surface area contributed by atoms with Crippen molar-refractivity contribution in [1.82, 2.24) is 10.2 Å². The number of amides is 1. The standard InChI is InChI=1S/C11H22N2O2/c1-4-11(6-5-7-12-11)10(14)13(2)8-9-15-3/h12H,4-9H2,1-3H3. The number of carbonyl (C=O) groups excluding carboxylic acids is 1. The predicted octanol–water partition coefficient (Wildman–Crippen LogP) is 0.623. The highest BCUT2D eigenvalue weighted by Crippen LogP contribution is 2.24. The Balaban J connectivity index is 2.56. The fourth-order valence-electron chi connectivity index (χ4n) is 2.14. The molecule has 0 bridgehead atoms. The number of hydrogen-bond acceptors (Lipinski definition) is 3. The number of rotatable bonds is 5. The van der Waals surface area contributed by atoms with E-state index in [2.05, 4.69) is 12.2 Å². The lowest BCUT2D eigenvalue weighted by molar-refractivity contribution is -0.137. The lowest BCUT2D eigenvalue weighted by atomic mass is 9.92. The molecule has 0 aromatic rings. The van der Waals surface area contributed by atoms with Crippen LogP contribution in [0.5, 0.6) is 0 Å². The number of nitrogens with one attached hydrogen (secondary N) is 1. The van der Waals surface area contributed by atoms with E-state index in [0.717, 1.165) is 25.8 Å². The van der Waals surface area contributed by atoms with Crippen LogP contribution >= 0.6 is 0 Å². The molecule has 1 fully saturated rings. The Morgan fingerprint density at radius 3 is 2.80 bits per heavy atom. The molecule has 1 heterocycles. The van der Waals surface area contributed by atoms with Gasteiger partial charge in [-0.2, -0.15) is 0 Å². The monoisotopic (exact) mass is 214 g/mol. The first-order valence-electron chi connectivity index (χ1n) is 5.66. The fraction of sp³-hybridized carbons (Fsp3) is 0.909. The van der Waals surface area contributed by atoms with E-state index >= 15 is 0 Å². The zero-order valence-electron chi connectivity index (χ0n) is 10.0. The molecule has 15 heavy (non-hydrogen) atoms. The SMILES string of the molecule is CCC1(C(=O)N(C)CCOC)CCCN1. The van der Waals surface area contributed by atoms with Gasteiger partial charge in [-0.3, -0.25) is 4.79 Å². The molecule has 1 aliphatic rings. The second-order valence-corrected chi connectivity index (χ2v) is 4.19. The van der Waals surface area contributed by atoms with Gasteiger partial charge in [0.15, 0.2) is 0 Å². The Bertz CT molecular complexity index is 213. The average Bonchev–Trinajstić information content (AvgIpc) is 2.74. The predicted molar refractivity (Wildman–Crippen MR) is 59.8 cm³/mol. The molecule has 0 saturated carbocycles. The molecule has 4 nitrogen and oxygen atoms in total. The van der Waals surface area contributed by atoms with Gasteiger partial charge in [-0.15, -0.1) is 0 Å². The number of methoxy groups -OCH3 is 1. The first kappa shape index (κ1) is 12.5. The highest BCUT2D eigenvalue weighted by Gasteiger charge is 2.40. The largest absolute Gasteiger partial charge is 0.383 e. The summed E-state index contributed by atoms with van der Waals surface area (Å²) in [5.74, 6) is 0.208. The highest BCUT2D eigenvalue weighted by atomic mass is 16.5. The van der Waals surface area contributed by atoms with Crippen LogP contribution in [0.1, 0.15) is 26.2 Å². The van der Waals surface area contributed by atoms with Crippen molar-refractivity contribution in [2.45, 2.75) is 31.7 Å². The van der Waals surface area contributed by atoms with Crippen molar-refractivity contribution in [2.24, 2.45) is 0 Å². The van der Waals surface area contributed by atoms with Crippen molar-refractivity contribution in [3.05, 3.63) is 0 Å². The van der Waals surface area contributed by atoms with Gasteiger partial charge in [-0.25, -0.2) is 0 Å². The fourth-order valence-corrected chi connectivity index (χ4v) is 2.14. The molecule has 1 N–H and O–H groups in total. The summed E-state index contributed by atoms with van der Waals surface area (Å²) in [6.45, 7) is 4.29. The summed E-state index contributed by atoms with van der Waals surface area (Å²) in [6, 6.07) is 0. The van der Waals surface area contributed by atoms with Crippen molar-refractivity contribution in [3.8, 4) is 0 Å². The van der Waals surface area contributed by atoms with Gasteiger partial charge in [0.25, 0.3) is 0 Å². The van der Waals surface area contributed by atoms with Gasteiger partial charge >= 0.3 is 0 Å². The van der Waals surface area contributed by atoms with Crippen molar-refractivity contribution in [1.29, 1.82) is 0 Å². The van der Waals surface area contributed by atoms with E-state index in [9.17, 15) is 4.79 Å². The Morgan fingerprint density at radius 1 is 1.60 bits per heavy atom. The van der Waals surface area contributed by atoms with Crippen LogP contribution in [0, 0.1) is 0 Å². The molecule has 1 unspecified atom stereocenters. The Labute approximate surface area is 92.0 Å². The van der Waals surface area contributed by atoms with Gasteiger partial charge in [0.05, 0.1) is 12.1 Å². The molecular formula is C11H22N2O2. The third-order valence-corrected chi connectivity index (χ3v) is 3.23. The summed E-state index contributed by atoms with van der Waals surface area (Å²) in [4.78, 5) is 14.0. The van der Waals surface area contributed by atoms with Crippen LogP contribution < -0.4 is 5.32 Å². The number of carbonyl (C=O) groups is 1. The molecule has 1 aliphatic heterocycles. The van der Waals surface area contributed by atoms with Crippen molar-refractivity contribution in [2.75, 3.05) is 33.9 Å². The summed E-state index contributed by atoms with van der Waals surface area (Å²) in [6.07, 6.45) is 2.92. The molecule has 1 amide bonds. The second kappa shape index (κ2) is 5.47. The van der Waals surface area contributed by atoms with Gasteiger partial charge in [-0.1, -0.05) is 6.92 Å². The van der Waals surface area contributed by atoms with E-state index in [4.69, 9.17) is 4.74 Å². The molecule has 0 aromatic carbocycles. The van der Waals surface area contributed by atoms with Crippen LogP contribution in [0.15, 0.2) is 0 Å². The summed E-state index contributed by atoms with van der Waals surface area (Å²) in [7, 11) is 3.50. The quantitative estimate of drug-likeness (QED) is 0.729. The summed E-state index contributed by atoms with van der Waals surface area (Å²) in [5.41, 5.74) is -0.303. The Kier molecular flexibility index (Phi) is 4.54. The number of nitrogens with zero attached hydrogens (tertiary/aromatic N) is 1. The zero-order valence-corrected chi connectivity index (χ0v) is 10.0. The topological polar surface area (TPSA) is 41.6 Å². The van der Waals surface area contributed by atoms with E-state index in [-0.39, 0.29) is 11.4 Å². The molecule has 4 heteroatoms. The molecule has 88 valence electrons. The minimum Gasteiger partial charge on any atom is -0.383 e. The number of likely N-dealkylation sites (N-methyl/N-ethyl adjacent to an activating group) is 1. The van der Waals surface area contributed by atoms with E-state index in [1.165, 1.54) is 0 Å². The maximum atomic E-state index is 12.2. The molecular weight excluding hydrogens is 192 g/mol. The molecule has 0 aromatic heterocycles. The summed E-state index contributed by atoms with van der Waals surface area (Å²) in [5, 5.41) is 3.34. The van der Waals surface area contributed by atoms with Gasteiger partial charge in [0.1, 0.15) is 0 Å². The molecule has 1 rings (SSSR count). The molecule has 0 spiro atoms. The minimum absolute atomic E-state index is 0.208. The normalized spacial score (nSPS) is 25.5. The third-order valence-electron chi connectivity index (χ3n) is 3.23. The molecule has 1 atom stereocenters. The summed E-state index contributed by atoms with van der Waals surface area (Å²) >= 11 is 0. The van der Waals surface area contributed by atoms with Crippen LogP contribution in [0.3, 0.4) is 0 Å². The Morgan fingerprint density at radius 2 is 2.33 bits per heavy atom. The van der Waals surface area contributed by atoms with Crippen LogP contribution in [-0.2, 0) is 9.53 Å². The van der Waals surface area contributed by atoms with Crippen LogP contribution in [0.4, 0.5) is 0 Å². The van der Waals surface area contributed by atoms with E-state index in [1.54, 1.807) is 12.0 Å². The second-order valence-electron chi connectivity index (χ2n) is 4.19. The smallest absolute Gasteiger partial charge is 0.242 e. The third kappa shape index (κ3) is 2.69. The van der Waals surface area contributed by atoms with Gasteiger partial charge in [0, 0.05) is 20.7 Å². The maximum absolute atomic E-state index is 12.2. The van der Waals surface area contributed by atoms with E-state index in [0.29, 0.717) is 13.2 Å². The lowest BCUT2D eigenvalue weighted by Crippen LogP contribution is -2.54. The van der Waals surface area contributed by atoms with Gasteiger partial charge < -0.3 is 15.0 Å². The molecule has 0 radical (unpaired) electrons.